The Kier molecular flexibility index (Phi) is 4.07. The van der Waals surface area contributed by atoms with Gasteiger partial charge in [0.2, 0.25) is 0 Å². The van der Waals surface area contributed by atoms with Gasteiger partial charge in [0.15, 0.2) is 0 Å². The maximum absolute atomic E-state index is 12.0. The number of amides is 1. The van der Waals surface area contributed by atoms with Crippen molar-refractivity contribution in [2.75, 3.05) is 5.32 Å². The van der Waals surface area contributed by atoms with Crippen LogP contribution in [0.1, 0.15) is 15.9 Å². The summed E-state index contributed by atoms with van der Waals surface area (Å²) in [5.41, 5.74) is 7.38. The Morgan fingerprint density at radius 2 is 1.90 bits per heavy atom. The Balaban J connectivity index is 2.13. The molecule has 0 fully saturated rings. The van der Waals surface area contributed by atoms with Gasteiger partial charge in [0.25, 0.3) is 11.6 Å². The molecule has 0 unspecified atom stereocenters. The quantitative estimate of drug-likeness (QED) is 0.658. The van der Waals surface area contributed by atoms with Gasteiger partial charge in [-0.1, -0.05) is 12.1 Å². The van der Waals surface area contributed by atoms with Crippen molar-refractivity contribution in [2.24, 2.45) is 5.73 Å². The minimum absolute atomic E-state index is 0.0494. The predicted octanol–water partition coefficient (Wildman–Crippen LogP) is 2.31. The SMILES string of the molecule is NCc1cccc(NC(=O)c2ccc([N+](=O)[O-])cc2)c1. The highest BCUT2D eigenvalue weighted by molar-refractivity contribution is 6.04. The lowest BCUT2D eigenvalue weighted by Crippen LogP contribution is -2.12. The fourth-order valence-corrected chi connectivity index (χ4v) is 1.71. The van der Waals surface area contributed by atoms with Gasteiger partial charge in [0, 0.05) is 29.9 Å². The molecule has 0 bridgehead atoms. The Morgan fingerprint density at radius 1 is 1.20 bits per heavy atom. The monoisotopic (exact) mass is 271 g/mol. The Morgan fingerprint density at radius 3 is 2.50 bits per heavy atom. The average molecular weight is 271 g/mol. The third-order valence-electron chi connectivity index (χ3n) is 2.76. The summed E-state index contributed by atoms with van der Waals surface area (Å²) in [7, 11) is 0. The van der Waals surface area contributed by atoms with Crippen LogP contribution in [0.25, 0.3) is 0 Å². The third kappa shape index (κ3) is 3.18. The standard InChI is InChI=1S/C14H13N3O3/c15-9-10-2-1-3-12(8-10)16-14(18)11-4-6-13(7-5-11)17(19)20/h1-8H,9,15H2,(H,16,18). The molecule has 0 atom stereocenters. The minimum atomic E-state index is -0.508. The van der Waals surface area contributed by atoms with E-state index >= 15 is 0 Å². The Hall–Kier alpha value is -2.73. The van der Waals surface area contributed by atoms with E-state index in [1.54, 1.807) is 18.2 Å². The molecule has 0 radical (unpaired) electrons. The first kappa shape index (κ1) is 13.7. The molecule has 1 amide bonds. The van der Waals surface area contributed by atoms with Crippen LogP contribution in [0, 0.1) is 10.1 Å². The summed E-state index contributed by atoms with van der Waals surface area (Å²) in [6, 6.07) is 12.6. The minimum Gasteiger partial charge on any atom is -0.326 e. The summed E-state index contributed by atoms with van der Waals surface area (Å²) in [6.45, 7) is 0.390. The van der Waals surface area contributed by atoms with Gasteiger partial charge in [-0.05, 0) is 29.8 Å². The van der Waals surface area contributed by atoms with Crippen LogP contribution in [0.5, 0.6) is 0 Å². The fourth-order valence-electron chi connectivity index (χ4n) is 1.71. The number of nitro benzene ring substituents is 1. The number of rotatable bonds is 4. The number of nitro groups is 1. The molecular weight excluding hydrogens is 258 g/mol. The molecule has 6 nitrogen and oxygen atoms in total. The molecule has 6 heteroatoms. The van der Waals surface area contributed by atoms with Crippen molar-refractivity contribution >= 4 is 17.3 Å². The van der Waals surface area contributed by atoms with Crippen LogP contribution in [-0.2, 0) is 6.54 Å². The van der Waals surface area contributed by atoms with Crippen molar-refractivity contribution < 1.29 is 9.72 Å². The Bertz CT molecular complexity index is 638. The molecule has 0 aliphatic rings. The van der Waals surface area contributed by atoms with Crippen LogP contribution in [0.15, 0.2) is 48.5 Å². The summed E-state index contributed by atoms with van der Waals surface area (Å²) < 4.78 is 0. The second-order valence-electron chi connectivity index (χ2n) is 4.16. The first-order chi connectivity index (χ1) is 9.60. The second-order valence-corrected chi connectivity index (χ2v) is 4.16. The van der Waals surface area contributed by atoms with E-state index in [1.165, 1.54) is 24.3 Å². The maximum atomic E-state index is 12.0. The molecule has 0 heterocycles. The van der Waals surface area contributed by atoms with Crippen molar-refractivity contribution in [1.29, 1.82) is 0 Å². The molecule has 2 rings (SSSR count). The van der Waals surface area contributed by atoms with Gasteiger partial charge < -0.3 is 11.1 Å². The molecule has 2 aromatic carbocycles. The van der Waals surface area contributed by atoms with Gasteiger partial charge in [-0.25, -0.2) is 0 Å². The van der Waals surface area contributed by atoms with Crippen LogP contribution in [0.2, 0.25) is 0 Å². The van der Waals surface area contributed by atoms with E-state index in [4.69, 9.17) is 5.73 Å². The van der Waals surface area contributed by atoms with E-state index in [9.17, 15) is 14.9 Å². The zero-order valence-electron chi connectivity index (χ0n) is 10.6. The average Bonchev–Trinajstić information content (AvgIpc) is 2.47. The number of carbonyl (C=O) groups is 1. The molecule has 0 aliphatic carbocycles. The smallest absolute Gasteiger partial charge is 0.269 e. The molecule has 20 heavy (non-hydrogen) atoms. The van der Waals surface area contributed by atoms with E-state index < -0.39 is 4.92 Å². The topological polar surface area (TPSA) is 98.3 Å². The highest BCUT2D eigenvalue weighted by Gasteiger charge is 2.09. The number of benzene rings is 2. The molecule has 0 spiro atoms. The van der Waals surface area contributed by atoms with Crippen LogP contribution in [-0.4, -0.2) is 10.8 Å². The summed E-state index contributed by atoms with van der Waals surface area (Å²) in [6.07, 6.45) is 0. The lowest BCUT2D eigenvalue weighted by Gasteiger charge is -2.06. The summed E-state index contributed by atoms with van der Waals surface area (Å²) in [5.74, 6) is -0.325. The highest BCUT2D eigenvalue weighted by atomic mass is 16.6. The molecule has 102 valence electrons. The van der Waals surface area contributed by atoms with E-state index in [2.05, 4.69) is 5.32 Å². The van der Waals surface area contributed by atoms with Crippen molar-refractivity contribution in [3.05, 3.63) is 69.8 Å². The lowest BCUT2D eigenvalue weighted by atomic mass is 10.1. The number of nitrogens with one attached hydrogen (secondary N) is 1. The number of hydrogen-bond donors (Lipinski definition) is 2. The van der Waals surface area contributed by atoms with Crippen molar-refractivity contribution in [3.63, 3.8) is 0 Å². The largest absolute Gasteiger partial charge is 0.326 e. The molecule has 2 aromatic rings. The second kappa shape index (κ2) is 5.94. The van der Waals surface area contributed by atoms with Gasteiger partial charge in [-0.15, -0.1) is 0 Å². The van der Waals surface area contributed by atoms with Gasteiger partial charge in [-0.3, -0.25) is 14.9 Å². The summed E-state index contributed by atoms with van der Waals surface area (Å²) in [4.78, 5) is 22.0. The van der Waals surface area contributed by atoms with Crippen LogP contribution in [0.3, 0.4) is 0 Å². The fraction of sp³-hybridized carbons (Fsp3) is 0.0714. The summed E-state index contributed by atoms with van der Waals surface area (Å²) in [5, 5.41) is 13.3. The van der Waals surface area contributed by atoms with E-state index in [0.29, 0.717) is 17.8 Å². The number of hydrogen-bond acceptors (Lipinski definition) is 4. The highest BCUT2D eigenvalue weighted by Crippen LogP contribution is 2.15. The Labute approximate surface area is 115 Å². The summed E-state index contributed by atoms with van der Waals surface area (Å²) >= 11 is 0. The molecule has 0 saturated carbocycles. The predicted molar refractivity (Wildman–Crippen MR) is 75.4 cm³/mol. The van der Waals surface area contributed by atoms with E-state index in [-0.39, 0.29) is 11.6 Å². The number of anilines is 1. The van der Waals surface area contributed by atoms with E-state index in [0.717, 1.165) is 5.56 Å². The molecule has 0 saturated heterocycles. The number of nitrogens with zero attached hydrogens (tertiary/aromatic N) is 1. The van der Waals surface area contributed by atoms with Crippen LogP contribution < -0.4 is 11.1 Å². The number of non-ortho nitro benzene ring substituents is 1. The molecular formula is C14H13N3O3. The maximum Gasteiger partial charge on any atom is 0.269 e. The molecule has 0 aliphatic heterocycles. The normalized spacial score (nSPS) is 10.1. The van der Waals surface area contributed by atoms with E-state index in [1.807, 2.05) is 6.07 Å². The number of carbonyl (C=O) groups excluding carboxylic acids is 1. The first-order valence-corrected chi connectivity index (χ1v) is 5.95. The lowest BCUT2D eigenvalue weighted by molar-refractivity contribution is -0.384. The van der Waals surface area contributed by atoms with Crippen LogP contribution >= 0.6 is 0 Å². The number of nitrogens with two attached hydrogens (primary N) is 1. The van der Waals surface area contributed by atoms with Crippen molar-refractivity contribution in [1.82, 2.24) is 0 Å². The first-order valence-electron chi connectivity index (χ1n) is 5.95. The van der Waals surface area contributed by atoms with Gasteiger partial charge in [-0.2, -0.15) is 0 Å². The molecule has 3 N–H and O–H groups in total. The van der Waals surface area contributed by atoms with Gasteiger partial charge >= 0.3 is 0 Å². The zero-order valence-corrected chi connectivity index (χ0v) is 10.6. The van der Waals surface area contributed by atoms with Gasteiger partial charge in [0.1, 0.15) is 0 Å². The van der Waals surface area contributed by atoms with Crippen molar-refractivity contribution in [2.45, 2.75) is 6.54 Å². The van der Waals surface area contributed by atoms with Crippen LogP contribution in [0.4, 0.5) is 11.4 Å². The van der Waals surface area contributed by atoms with Crippen molar-refractivity contribution in [3.8, 4) is 0 Å². The third-order valence-corrected chi connectivity index (χ3v) is 2.76. The van der Waals surface area contributed by atoms with Gasteiger partial charge in [0.05, 0.1) is 4.92 Å². The molecule has 0 aromatic heterocycles. The zero-order chi connectivity index (χ0) is 14.5.